The molecule has 0 spiro atoms. The minimum atomic E-state index is 0.0572. The van der Waals surface area contributed by atoms with Crippen molar-refractivity contribution < 1.29 is 4.79 Å². The summed E-state index contributed by atoms with van der Waals surface area (Å²) in [7, 11) is 3.97. The van der Waals surface area contributed by atoms with Gasteiger partial charge in [-0.25, -0.2) is 0 Å². The van der Waals surface area contributed by atoms with Crippen LogP contribution in [0.3, 0.4) is 0 Å². The number of hydrogen-bond donors (Lipinski definition) is 0. The Labute approximate surface area is 91.9 Å². The average Bonchev–Trinajstić information content (AvgIpc) is 2.15. The minimum Gasteiger partial charge on any atom is -0.309 e. The fourth-order valence-corrected chi connectivity index (χ4v) is 1.71. The highest BCUT2D eigenvalue weighted by molar-refractivity contribution is 5.97. The Morgan fingerprint density at radius 2 is 2.07 bits per heavy atom. The van der Waals surface area contributed by atoms with Gasteiger partial charge in [-0.15, -0.1) is 0 Å². The van der Waals surface area contributed by atoms with Crippen LogP contribution in [-0.4, -0.2) is 31.3 Å². The second-order valence-corrected chi connectivity index (χ2v) is 4.40. The Hall–Kier alpha value is -1.15. The summed E-state index contributed by atoms with van der Waals surface area (Å²) in [4.78, 5) is 14.0. The van der Waals surface area contributed by atoms with Crippen LogP contribution in [0.15, 0.2) is 24.3 Å². The van der Waals surface area contributed by atoms with Gasteiger partial charge in [0.1, 0.15) is 0 Å². The monoisotopic (exact) mass is 205 g/mol. The molecule has 15 heavy (non-hydrogen) atoms. The molecule has 0 unspecified atom stereocenters. The van der Waals surface area contributed by atoms with Gasteiger partial charge in [0, 0.05) is 18.0 Å². The van der Waals surface area contributed by atoms with Crippen molar-refractivity contribution in [3.8, 4) is 0 Å². The standard InChI is InChI=1S/C13H19NO/c1-10-6-5-7-12(8-10)13(15)11(2)9-14(3)4/h5-8,11H,9H2,1-4H3/t11-/m0/s1. The zero-order chi connectivity index (χ0) is 11.4. The van der Waals surface area contributed by atoms with Gasteiger partial charge in [-0.05, 0) is 27.1 Å². The van der Waals surface area contributed by atoms with Crippen LogP contribution in [-0.2, 0) is 0 Å². The molecule has 0 aliphatic heterocycles. The number of ketones is 1. The van der Waals surface area contributed by atoms with Gasteiger partial charge in [0.25, 0.3) is 0 Å². The van der Waals surface area contributed by atoms with Gasteiger partial charge < -0.3 is 4.90 Å². The van der Waals surface area contributed by atoms with Crippen molar-refractivity contribution in [3.63, 3.8) is 0 Å². The maximum Gasteiger partial charge on any atom is 0.166 e. The largest absolute Gasteiger partial charge is 0.309 e. The van der Waals surface area contributed by atoms with Gasteiger partial charge in [-0.1, -0.05) is 30.7 Å². The maximum absolute atomic E-state index is 12.0. The van der Waals surface area contributed by atoms with Crippen molar-refractivity contribution in [1.29, 1.82) is 0 Å². The van der Waals surface area contributed by atoms with Gasteiger partial charge in [-0.3, -0.25) is 4.79 Å². The molecule has 0 aliphatic rings. The molecule has 1 aromatic carbocycles. The predicted octanol–water partition coefficient (Wildman–Crippen LogP) is 2.38. The molecular weight excluding hydrogens is 186 g/mol. The van der Waals surface area contributed by atoms with Crippen molar-refractivity contribution in [2.45, 2.75) is 13.8 Å². The van der Waals surface area contributed by atoms with E-state index in [1.165, 1.54) is 0 Å². The number of carbonyl (C=O) groups excluding carboxylic acids is 1. The summed E-state index contributed by atoms with van der Waals surface area (Å²) in [5, 5.41) is 0. The van der Waals surface area contributed by atoms with Crippen molar-refractivity contribution >= 4 is 5.78 Å². The molecule has 0 N–H and O–H groups in total. The summed E-state index contributed by atoms with van der Waals surface area (Å²) in [5.74, 6) is 0.286. The molecule has 0 radical (unpaired) electrons. The number of carbonyl (C=O) groups is 1. The third kappa shape index (κ3) is 3.48. The van der Waals surface area contributed by atoms with E-state index in [1.54, 1.807) is 0 Å². The molecule has 0 amide bonds. The second kappa shape index (κ2) is 5.08. The highest BCUT2D eigenvalue weighted by Crippen LogP contribution is 2.11. The van der Waals surface area contributed by atoms with Crippen LogP contribution in [0.25, 0.3) is 0 Å². The lowest BCUT2D eigenvalue weighted by molar-refractivity contribution is 0.0910. The van der Waals surface area contributed by atoms with E-state index < -0.39 is 0 Å². The Kier molecular flexibility index (Phi) is 4.04. The zero-order valence-corrected chi connectivity index (χ0v) is 9.95. The van der Waals surface area contributed by atoms with Gasteiger partial charge >= 0.3 is 0 Å². The smallest absolute Gasteiger partial charge is 0.166 e. The Morgan fingerprint density at radius 1 is 1.40 bits per heavy atom. The third-order valence-corrected chi connectivity index (χ3v) is 2.39. The number of hydrogen-bond acceptors (Lipinski definition) is 2. The van der Waals surface area contributed by atoms with E-state index in [0.29, 0.717) is 0 Å². The van der Waals surface area contributed by atoms with E-state index in [1.807, 2.05) is 57.1 Å². The summed E-state index contributed by atoms with van der Waals surface area (Å²) in [6.45, 7) is 4.78. The highest BCUT2D eigenvalue weighted by Gasteiger charge is 2.15. The molecule has 2 nitrogen and oxygen atoms in total. The molecule has 1 rings (SSSR count). The summed E-state index contributed by atoms with van der Waals surface area (Å²) < 4.78 is 0. The highest BCUT2D eigenvalue weighted by atomic mass is 16.1. The average molecular weight is 205 g/mol. The van der Waals surface area contributed by atoms with Crippen molar-refractivity contribution in [3.05, 3.63) is 35.4 Å². The molecule has 0 aromatic heterocycles. The fraction of sp³-hybridized carbons (Fsp3) is 0.462. The summed E-state index contributed by atoms with van der Waals surface area (Å²) in [6, 6.07) is 7.79. The molecule has 2 heteroatoms. The molecule has 0 heterocycles. The van der Waals surface area contributed by atoms with Gasteiger partial charge in [0.05, 0.1) is 0 Å². The lowest BCUT2D eigenvalue weighted by Gasteiger charge is -2.15. The van der Waals surface area contributed by atoms with Crippen molar-refractivity contribution in [2.24, 2.45) is 5.92 Å². The van der Waals surface area contributed by atoms with Crippen LogP contribution in [0.5, 0.6) is 0 Å². The van der Waals surface area contributed by atoms with Crippen LogP contribution in [0, 0.1) is 12.8 Å². The molecule has 82 valence electrons. The van der Waals surface area contributed by atoms with Crippen LogP contribution in [0.4, 0.5) is 0 Å². The van der Waals surface area contributed by atoms with Crippen molar-refractivity contribution in [1.82, 2.24) is 4.90 Å². The first-order valence-corrected chi connectivity index (χ1v) is 5.26. The number of Topliss-reactive ketones (excluding diaryl/α,β-unsaturated/α-hetero) is 1. The molecule has 0 bridgehead atoms. The van der Waals surface area contributed by atoms with E-state index in [2.05, 4.69) is 0 Å². The van der Waals surface area contributed by atoms with Crippen LogP contribution >= 0.6 is 0 Å². The molecular formula is C13H19NO. The maximum atomic E-state index is 12.0. The molecule has 1 atom stereocenters. The molecule has 0 fully saturated rings. The van der Waals surface area contributed by atoms with Crippen LogP contribution in [0.2, 0.25) is 0 Å². The van der Waals surface area contributed by atoms with Crippen molar-refractivity contribution in [2.75, 3.05) is 20.6 Å². The first-order valence-electron chi connectivity index (χ1n) is 5.26. The molecule has 0 aliphatic carbocycles. The lowest BCUT2D eigenvalue weighted by atomic mass is 9.98. The van der Waals surface area contributed by atoms with E-state index in [4.69, 9.17) is 0 Å². The molecule has 0 saturated heterocycles. The number of benzene rings is 1. The summed E-state index contributed by atoms with van der Waals surface area (Å²) in [6.07, 6.45) is 0. The summed E-state index contributed by atoms with van der Waals surface area (Å²) in [5.41, 5.74) is 1.96. The van der Waals surface area contributed by atoms with E-state index in [-0.39, 0.29) is 11.7 Å². The Balaban J connectivity index is 2.76. The van der Waals surface area contributed by atoms with Gasteiger partial charge in [0.2, 0.25) is 0 Å². The molecule has 0 saturated carbocycles. The quantitative estimate of drug-likeness (QED) is 0.703. The number of nitrogens with zero attached hydrogens (tertiary/aromatic N) is 1. The third-order valence-electron chi connectivity index (χ3n) is 2.39. The topological polar surface area (TPSA) is 20.3 Å². The van der Waals surface area contributed by atoms with E-state index in [9.17, 15) is 4.79 Å². The van der Waals surface area contributed by atoms with E-state index in [0.717, 1.165) is 17.7 Å². The Morgan fingerprint density at radius 3 is 2.60 bits per heavy atom. The number of rotatable bonds is 4. The fourth-order valence-electron chi connectivity index (χ4n) is 1.71. The first-order chi connectivity index (χ1) is 7.00. The Bertz CT molecular complexity index is 344. The normalized spacial score (nSPS) is 12.9. The van der Waals surface area contributed by atoms with Gasteiger partial charge in [0.15, 0.2) is 5.78 Å². The zero-order valence-electron chi connectivity index (χ0n) is 9.95. The predicted molar refractivity (Wildman–Crippen MR) is 63.2 cm³/mol. The van der Waals surface area contributed by atoms with Crippen LogP contribution in [0.1, 0.15) is 22.8 Å². The SMILES string of the molecule is Cc1cccc(C(=O)[C@@H](C)CN(C)C)c1. The second-order valence-electron chi connectivity index (χ2n) is 4.40. The van der Waals surface area contributed by atoms with E-state index >= 15 is 0 Å². The summed E-state index contributed by atoms with van der Waals surface area (Å²) >= 11 is 0. The van der Waals surface area contributed by atoms with Gasteiger partial charge in [-0.2, -0.15) is 0 Å². The minimum absolute atomic E-state index is 0.0572. The lowest BCUT2D eigenvalue weighted by Crippen LogP contribution is -2.25. The first kappa shape index (κ1) is 11.9. The van der Waals surface area contributed by atoms with Crippen LogP contribution < -0.4 is 0 Å². The number of aryl methyl sites for hydroxylation is 1. The molecule has 1 aromatic rings.